The van der Waals surface area contributed by atoms with Gasteiger partial charge in [0.25, 0.3) is 5.91 Å². The number of nitrogens with two attached hydrogens (primary N) is 1. The largest absolute Gasteiger partial charge is 0.507 e. The fourth-order valence-corrected chi connectivity index (χ4v) is 3.44. The van der Waals surface area contributed by atoms with Gasteiger partial charge >= 0.3 is 0 Å². The predicted molar refractivity (Wildman–Crippen MR) is 111 cm³/mol. The van der Waals surface area contributed by atoms with Crippen LogP contribution in [-0.4, -0.2) is 60.5 Å². The molecule has 0 unspecified atom stereocenters. The molecule has 0 atom stereocenters. The van der Waals surface area contributed by atoms with E-state index in [1.165, 1.54) is 29.8 Å². The van der Waals surface area contributed by atoms with Crippen LogP contribution in [0.3, 0.4) is 0 Å². The first-order chi connectivity index (χ1) is 15.1. The maximum absolute atomic E-state index is 12.8. The molecule has 1 aromatic carbocycles. The van der Waals surface area contributed by atoms with Crippen molar-refractivity contribution in [3.05, 3.63) is 41.2 Å². The molecule has 4 rings (SSSR count). The lowest BCUT2D eigenvalue weighted by atomic mass is 10.2. The maximum atomic E-state index is 12.8. The Kier molecular flexibility index (Phi) is 6.17. The van der Waals surface area contributed by atoms with Crippen molar-refractivity contribution >= 4 is 17.9 Å². The van der Waals surface area contributed by atoms with Crippen molar-refractivity contribution in [1.29, 1.82) is 0 Å². The third-order valence-corrected chi connectivity index (χ3v) is 5.05. The summed E-state index contributed by atoms with van der Waals surface area (Å²) in [6, 6.07) is 6.66. The van der Waals surface area contributed by atoms with Gasteiger partial charge < -0.3 is 10.8 Å². The molecule has 4 N–H and O–H groups in total. The zero-order chi connectivity index (χ0) is 21.6. The Hall–Kier alpha value is -3.80. The zero-order valence-electron chi connectivity index (χ0n) is 16.8. The number of likely N-dealkylation sites (tertiary alicyclic amines) is 1. The molecule has 1 aliphatic heterocycles. The van der Waals surface area contributed by atoms with Crippen molar-refractivity contribution in [2.45, 2.75) is 32.2 Å². The average Bonchev–Trinajstić information content (AvgIpc) is 3.27. The fourth-order valence-electron chi connectivity index (χ4n) is 3.44. The SMILES string of the molecule is Nc1nonc1-n1nnc(C(=O)NN=Cc2ccccc2O)c1CN1CCCCCC1. The van der Waals surface area contributed by atoms with Crippen LogP contribution in [-0.2, 0) is 6.54 Å². The number of hydrogen-bond acceptors (Lipinski definition) is 10. The number of phenols is 1. The number of para-hydroxylation sites is 1. The summed E-state index contributed by atoms with van der Waals surface area (Å²) in [6.45, 7) is 2.25. The lowest BCUT2D eigenvalue weighted by Crippen LogP contribution is -2.28. The van der Waals surface area contributed by atoms with Gasteiger partial charge in [0.2, 0.25) is 11.6 Å². The Bertz CT molecular complexity index is 1070. The van der Waals surface area contributed by atoms with E-state index in [0.29, 0.717) is 17.8 Å². The number of carbonyl (C=O) groups excluding carboxylic acids is 1. The molecule has 1 fully saturated rings. The van der Waals surface area contributed by atoms with Crippen LogP contribution in [0.25, 0.3) is 5.82 Å². The number of nitrogens with zero attached hydrogens (tertiary/aromatic N) is 7. The minimum Gasteiger partial charge on any atom is -0.507 e. The molecule has 0 saturated carbocycles. The Labute approximate surface area is 177 Å². The number of amides is 1. The normalized spacial score (nSPS) is 15.2. The van der Waals surface area contributed by atoms with E-state index in [0.717, 1.165) is 25.9 Å². The number of rotatable bonds is 6. The molecule has 3 heterocycles. The van der Waals surface area contributed by atoms with E-state index in [2.05, 4.69) is 40.7 Å². The van der Waals surface area contributed by atoms with Crippen molar-refractivity contribution < 1.29 is 14.5 Å². The highest BCUT2D eigenvalue weighted by molar-refractivity contribution is 5.94. The zero-order valence-corrected chi connectivity index (χ0v) is 16.8. The predicted octanol–water partition coefficient (Wildman–Crippen LogP) is 1.08. The highest BCUT2D eigenvalue weighted by Crippen LogP contribution is 2.20. The van der Waals surface area contributed by atoms with Crippen LogP contribution in [0.15, 0.2) is 34.0 Å². The molecule has 0 radical (unpaired) electrons. The molecule has 1 amide bonds. The molecule has 1 saturated heterocycles. The summed E-state index contributed by atoms with van der Waals surface area (Å²) in [5.74, 6) is -0.263. The fraction of sp³-hybridized carbons (Fsp3) is 0.368. The van der Waals surface area contributed by atoms with E-state index in [1.807, 2.05) is 0 Å². The third kappa shape index (κ3) is 4.69. The molecule has 0 bridgehead atoms. The van der Waals surface area contributed by atoms with Gasteiger partial charge in [0.05, 0.1) is 11.9 Å². The van der Waals surface area contributed by atoms with Crippen molar-refractivity contribution in [3.8, 4) is 11.6 Å². The topological polar surface area (TPSA) is 161 Å². The molecule has 12 nitrogen and oxygen atoms in total. The Morgan fingerprint density at radius 1 is 1.23 bits per heavy atom. The first-order valence-electron chi connectivity index (χ1n) is 10.00. The number of aromatic nitrogens is 5. The van der Waals surface area contributed by atoms with Crippen molar-refractivity contribution in [2.24, 2.45) is 5.10 Å². The van der Waals surface area contributed by atoms with Gasteiger partial charge in [-0.3, -0.25) is 9.69 Å². The summed E-state index contributed by atoms with van der Waals surface area (Å²) < 4.78 is 6.06. The second kappa shape index (κ2) is 9.34. The monoisotopic (exact) mass is 425 g/mol. The van der Waals surface area contributed by atoms with Crippen LogP contribution in [0.1, 0.15) is 47.4 Å². The number of nitrogen functional groups attached to an aromatic ring is 1. The average molecular weight is 425 g/mol. The number of aromatic hydroxyl groups is 1. The highest BCUT2D eigenvalue weighted by atomic mass is 16.6. The standard InChI is InChI=1S/C19H23N9O3/c20-17-18(25-31-24-17)28-14(12-27-9-5-1-2-6-10-27)16(22-26-28)19(30)23-21-11-13-7-3-4-8-15(13)29/h3-4,7-8,11,29H,1-2,5-6,9-10,12H2,(H2,20,24)(H,23,30). The third-order valence-electron chi connectivity index (χ3n) is 5.05. The number of hydrogen-bond donors (Lipinski definition) is 3. The Balaban J connectivity index is 1.58. The van der Waals surface area contributed by atoms with E-state index in [4.69, 9.17) is 5.73 Å². The number of nitrogens with one attached hydrogen (secondary N) is 1. The summed E-state index contributed by atoms with van der Waals surface area (Å²) in [6.07, 6.45) is 5.89. The summed E-state index contributed by atoms with van der Waals surface area (Å²) in [4.78, 5) is 15.0. The number of benzene rings is 1. The molecule has 162 valence electrons. The van der Waals surface area contributed by atoms with Crippen molar-refractivity contribution in [1.82, 2.24) is 35.6 Å². The van der Waals surface area contributed by atoms with Gasteiger partial charge in [-0.15, -0.1) is 5.10 Å². The first-order valence-corrected chi connectivity index (χ1v) is 10.00. The number of phenolic OH excluding ortho intramolecular Hbond substituents is 1. The van der Waals surface area contributed by atoms with Crippen molar-refractivity contribution in [3.63, 3.8) is 0 Å². The molecular weight excluding hydrogens is 402 g/mol. The Morgan fingerprint density at radius 3 is 2.71 bits per heavy atom. The summed E-state index contributed by atoms with van der Waals surface area (Å²) >= 11 is 0. The van der Waals surface area contributed by atoms with Gasteiger partial charge in [-0.1, -0.05) is 30.2 Å². The van der Waals surface area contributed by atoms with Gasteiger partial charge in [-0.2, -0.15) is 9.78 Å². The highest BCUT2D eigenvalue weighted by Gasteiger charge is 2.25. The molecule has 0 aliphatic carbocycles. The molecule has 1 aliphatic rings. The first kappa shape index (κ1) is 20.5. The van der Waals surface area contributed by atoms with Gasteiger partial charge in [0, 0.05) is 12.1 Å². The molecule has 2 aromatic heterocycles. The van der Waals surface area contributed by atoms with Crippen LogP contribution in [0.4, 0.5) is 5.82 Å². The molecule has 3 aromatic rings. The smallest absolute Gasteiger partial charge is 0.293 e. The molecule has 31 heavy (non-hydrogen) atoms. The lowest BCUT2D eigenvalue weighted by molar-refractivity contribution is 0.0947. The molecular formula is C19H23N9O3. The number of carbonyl (C=O) groups is 1. The van der Waals surface area contributed by atoms with E-state index in [1.54, 1.807) is 18.2 Å². The van der Waals surface area contributed by atoms with Crippen LogP contribution in [0.5, 0.6) is 5.75 Å². The van der Waals surface area contributed by atoms with E-state index in [-0.39, 0.29) is 23.1 Å². The molecule has 12 heteroatoms. The van der Waals surface area contributed by atoms with Crippen LogP contribution in [0, 0.1) is 0 Å². The van der Waals surface area contributed by atoms with E-state index in [9.17, 15) is 9.90 Å². The van der Waals surface area contributed by atoms with Gasteiger partial charge in [0.1, 0.15) is 5.75 Å². The second-order valence-corrected chi connectivity index (χ2v) is 7.22. The Morgan fingerprint density at radius 2 is 2.00 bits per heavy atom. The maximum Gasteiger partial charge on any atom is 0.293 e. The minimum absolute atomic E-state index is 0.0477. The van der Waals surface area contributed by atoms with E-state index >= 15 is 0 Å². The number of anilines is 1. The van der Waals surface area contributed by atoms with Crippen LogP contribution in [0.2, 0.25) is 0 Å². The van der Waals surface area contributed by atoms with Gasteiger partial charge in [0.15, 0.2) is 5.69 Å². The van der Waals surface area contributed by atoms with Crippen LogP contribution >= 0.6 is 0 Å². The second-order valence-electron chi connectivity index (χ2n) is 7.22. The van der Waals surface area contributed by atoms with Gasteiger partial charge in [-0.25, -0.2) is 10.1 Å². The number of hydrazone groups is 1. The van der Waals surface area contributed by atoms with Gasteiger partial charge in [-0.05, 0) is 48.4 Å². The quantitative estimate of drug-likeness (QED) is 0.387. The van der Waals surface area contributed by atoms with E-state index < -0.39 is 5.91 Å². The molecule has 0 spiro atoms. The summed E-state index contributed by atoms with van der Waals surface area (Å²) in [7, 11) is 0. The minimum atomic E-state index is -0.544. The summed E-state index contributed by atoms with van der Waals surface area (Å²) in [5, 5.41) is 29.2. The van der Waals surface area contributed by atoms with Crippen LogP contribution < -0.4 is 11.2 Å². The van der Waals surface area contributed by atoms with Crippen molar-refractivity contribution in [2.75, 3.05) is 18.8 Å². The lowest BCUT2D eigenvalue weighted by Gasteiger charge is -2.20. The summed E-state index contributed by atoms with van der Waals surface area (Å²) in [5.41, 5.74) is 9.34.